The molecular formula is C17H20N2O4. The van der Waals surface area contributed by atoms with Crippen LogP contribution in [0, 0.1) is 0 Å². The lowest BCUT2D eigenvalue weighted by Crippen LogP contribution is -2.14. The number of benzene rings is 2. The third-order valence-corrected chi connectivity index (χ3v) is 3.31. The summed E-state index contributed by atoms with van der Waals surface area (Å²) in [7, 11) is 0. The van der Waals surface area contributed by atoms with Gasteiger partial charge in [-0.15, -0.1) is 0 Å². The molecular weight excluding hydrogens is 296 g/mol. The fourth-order valence-corrected chi connectivity index (χ4v) is 2.10. The SMILES string of the molecule is CCCCNN=C(c1ccc(O)cc1O)c1ccc(O)cc1O. The molecule has 0 saturated carbocycles. The maximum atomic E-state index is 10.1. The van der Waals surface area contributed by atoms with E-state index in [2.05, 4.69) is 17.5 Å². The van der Waals surface area contributed by atoms with E-state index in [-0.39, 0.29) is 23.0 Å². The monoisotopic (exact) mass is 316 g/mol. The van der Waals surface area contributed by atoms with Crippen molar-refractivity contribution >= 4 is 5.71 Å². The van der Waals surface area contributed by atoms with Crippen LogP contribution < -0.4 is 5.43 Å². The number of hydrogen-bond acceptors (Lipinski definition) is 6. The third kappa shape index (κ3) is 4.06. The number of nitrogens with zero attached hydrogens (tertiary/aromatic N) is 1. The van der Waals surface area contributed by atoms with Crippen LogP contribution in [0.5, 0.6) is 23.0 Å². The Bertz CT molecular complexity index is 660. The van der Waals surface area contributed by atoms with E-state index in [4.69, 9.17) is 0 Å². The molecule has 0 unspecified atom stereocenters. The van der Waals surface area contributed by atoms with E-state index in [9.17, 15) is 20.4 Å². The summed E-state index contributed by atoms with van der Waals surface area (Å²) >= 11 is 0. The van der Waals surface area contributed by atoms with Gasteiger partial charge in [-0.3, -0.25) is 0 Å². The van der Waals surface area contributed by atoms with Crippen LogP contribution in [-0.4, -0.2) is 32.7 Å². The van der Waals surface area contributed by atoms with Gasteiger partial charge in [-0.05, 0) is 30.7 Å². The van der Waals surface area contributed by atoms with Crippen LogP contribution >= 0.6 is 0 Å². The lowest BCUT2D eigenvalue weighted by atomic mass is 10.00. The molecule has 0 aliphatic rings. The Labute approximate surface area is 134 Å². The molecule has 0 aliphatic carbocycles. The average Bonchev–Trinajstić information content (AvgIpc) is 2.49. The smallest absolute Gasteiger partial charge is 0.128 e. The quantitative estimate of drug-likeness (QED) is 0.320. The zero-order valence-corrected chi connectivity index (χ0v) is 12.8. The molecule has 122 valence electrons. The summed E-state index contributed by atoms with van der Waals surface area (Å²) in [6, 6.07) is 8.28. The number of aromatic hydroxyl groups is 4. The van der Waals surface area contributed by atoms with Crippen molar-refractivity contribution in [2.45, 2.75) is 19.8 Å². The second-order valence-electron chi connectivity index (χ2n) is 5.12. The van der Waals surface area contributed by atoms with E-state index in [0.29, 0.717) is 23.4 Å². The van der Waals surface area contributed by atoms with Crippen molar-refractivity contribution in [2.24, 2.45) is 5.10 Å². The van der Waals surface area contributed by atoms with Crippen LogP contribution in [0.15, 0.2) is 41.5 Å². The molecule has 0 saturated heterocycles. The highest BCUT2D eigenvalue weighted by Crippen LogP contribution is 2.30. The molecule has 0 spiro atoms. The van der Waals surface area contributed by atoms with Crippen LogP contribution in [0.3, 0.4) is 0 Å². The van der Waals surface area contributed by atoms with E-state index in [0.717, 1.165) is 12.8 Å². The van der Waals surface area contributed by atoms with Gasteiger partial charge in [-0.25, -0.2) is 0 Å². The van der Waals surface area contributed by atoms with Crippen LogP contribution in [-0.2, 0) is 0 Å². The minimum atomic E-state index is -0.159. The first-order chi connectivity index (χ1) is 11.0. The van der Waals surface area contributed by atoms with Gasteiger partial charge in [0.15, 0.2) is 0 Å². The molecule has 2 aromatic rings. The lowest BCUT2D eigenvalue weighted by molar-refractivity contribution is 0.449. The number of nitrogens with one attached hydrogen (secondary N) is 1. The maximum Gasteiger partial charge on any atom is 0.128 e. The predicted molar refractivity (Wildman–Crippen MR) is 88.1 cm³/mol. The number of phenolic OH excluding ortho intramolecular Hbond substituents is 4. The minimum Gasteiger partial charge on any atom is -0.508 e. The second kappa shape index (κ2) is 7.40. The van der Waals surface area contributed by atoms with Crippen LogP contribution in [0.25, 0.3) is 0 Å². The first-order valence-electron chi connectivity index (χ1n) is 7.38. The van der Waals surface area contributed by atoms with Crippen molar-refractivity contribution in [2.75, 3.05) is 6.54 Å². The molecule has 0 radical (unpaired) electrons. The zero-order chi connectivity index (χ0) is 16.8. The second-order valence-corrected chi connectivity index (χ2v) is 5.12. The number of rotatable bonds is 6. The van der Waals surface area contributed by atoms with Crippen LogP contribution in [0.1, 0.15) is 30.9 Å². The van der Waals surface area contributed by atoms with Gasteiger partial charge < -0.3 is 25.9 Å². The van der Waals surface area contributed by atoms with Gasteiger partial charge in [0.2, 0.25) is 0 Å². The molecule has 0 aliphatic heterocycles. The molecule has 0 fully saturated rings. The average molecular weight is 316 g/mol. The van der Waals surface area contributed by atoms with E-state index in [1.165, 1.54) is 36.4 Å². The van der Waals surface area contributed by atoms with E-state index >= 15 is 0 Å². The molecule has 5 N–H and O–H groups in total. The van der Waals surface area contributed by atoms with Gasteiger partial charge in [-0.2, -0.15) is 5.10 Å². The zero-order valence-electron chi connectivity index (χ0n) is 12.8. The number of unbranched alkanes of at least 4 members (excludes halogenated alkanes) is 1. The Hall–Kier alpha value is -2.89. The maximum absolute atomic E-state index is 10.1. The van der Waals surface area contributed by atoms with E-state index < -0.39 is 0 Å². The van der Waals surface area contributed by atoms with Crippen LogP contribution in [0.4, 0.5) is 0 Å². The Morgan fingerprint density at radius 2 is 1.43 bits per heavy atom. The number of hydrogen-bond donors (Lipinski definition) is 5. The Morgan fingerprint density at radius 1 is 0.913 bits per heavy atom. The number of hydrazone groups is 1. The Balaban J connectivity index is 2.46. The molecule has 0 amide bonds. The van der Waals surface area contributed by atoms with Crippen molar-refractivity contribution in [3.05, 3.63) is 47.5 Å². The highest BCUT2D eigenvalue weighted by atomic mass is 16.3. The summed E-state index contributed by atoms with van der Waals surface area (Å²) in [6.07, 6.45) is 1.94. The highest BCUT2D eigenvalue weighted by Gasteiger charge is 2.16. The summed E-state index contributed by atoms with van der Waals surface area (Å²) in [5.41, 5.74) is 3.93. The third-order valence-electron chi connectivity index (χ3n) is 3.31. The predicted octanol–water partition coefficient (Wildman–Crippen LogP) is 2.65. The van der Waals surface area contributed by atoms with Gasteiger partial charge in [0.25, 0.3) is 0 Å². The first kappa shape index (κ1) is 16.5. The summed E-state index contributed by atoms with van der Waals surface area (Å²) in [5.74, 6) is -0.457. The van der Waals surface area contributed by atoms with Crippen molar-refractivity contribution < 1.29 is 20.4 Å². The first-order valence-corrected chi connectivity index (χ1v) is 7.38. The van der Waals surface area contributed by atoms with Gasteiger partial charge in [0.1, 0.15) is 28.7 Å². The molecule has 23 heavy (non-hydrogen) atoms. The largest absolute Gasteiger partial charge is 0.508 e. The standard InChI is InChI=1S/C17H20N2O4/c1-2-3-8-18-19-17(13-6-4-11(20)9-15(13)22)14-7-5-12(21)10-16(14)23/h4-7,9-10,18,20-23H,2-3,8H2,1H3. The summed E-state index contributed by atoms with van der Waals surface area (Å²) in [6.45, 7) is 2.71. The highest BCUT2D eigenvalue weighted by molar-refractivity contribution is 6.15. The Morgan fingerprint density at radius 3 is 1.87 bits per heavy atom. The van der Waals surface area contributed by atoms with Gasteiger partial charge in [0.05, 0.1) is 0 Å². The van der Waals surface area contributed by atoms with Crippen molar-refractivity contribution in [1.29, 1.82) is 0 Å². The molecule has 0 heterocycles. The lowest BCUT2D eigenvalue weighted by Gasteiger charge is -2.12. The fourth-order valence-electron chi connectivity index (χ4n) is 2.10. The summed E-state index contributed by atoms with van der Waals surface area (Å²) < 4.78 is 0. The van der Waals surface area contributed by atoms with Crippen LogP contribution in [0.2, 0.25) is 0 Å². The fraction of sp³-hybridized carbons (Fsp3) is 0.235. The van der Waals surface area contributed by atoms with Crippen molar-refractivity contribution in [3.63, 3.8) is 0 Å². The minimum absolute atomic E-state index is 0.0699. The van der Waals surface area contributed by atoms with Gasteiger partial charge >= 0.3 is 0 Å². The molecule has 0 aromatic heterocycles. The summed E-state index contributed by atoms with van der Waals surface area (Å²) in [5, 5.41) is 43.3. The molecule has 6 heteroatoms. The van der Waals surface area contributed by atoms with Crippen molar-refractivity contribution in [3.8, 4) is 23.0 Å². The molecule has 2 rings (SSSR count). The molecule has 6 nitrogen and oxygen atoms in total. The van der Waals surface area contributed by atoms with Crippen molar-refractivity contribution in [1.82, 2.24) is 5.43 Å². The Kier molecular flexibility index (Phi) is 5.30. The van der Waals surface area contributed by atoms with E-state index in [1.54, 1.807) is 0 Å². The van der Waals surface area contributed by atoms with Gasteiger partial charge in [-0.1, -0.05) is 13.3 Å². The molecule has 2 aromatic carbocycles. The normalized spacial score (nSPS) is 10.3. The molecule has 0 bridgehead atoms. The summed E-state index contributed by atoms with van der Waals surface area (Å²) in [4.78, 5) is 0. The van der Waals surface area contributed by atoms with Gasteiger partial charge in [0, 0.05) is 29.8 Å². The molecule has 0 atom stereocenters. The van der Waals surface area contributed by atoms with E-state index in [1.807, 2.05) is 0 Å². The number of phenols is 4. The topological polar surface area (TPSA) is 105 Å².